The smallest absolute Gasteiger partial charge is 0.321 e. The maximum atomic E-state index is 13.6. The van der Waals surface area contributed by atoms with Crippen molar-refractivity contribution in [2.24, 2.45) is 5.92 Å². The third kappa shape index (κ3) is 4.32. The van der Waals surface area contributed by atoms with E-state index in [0.29, 0.717) is 25.9 Å². The molecule has 0 radical (unpaired) electrons. The summed E-state index contributed by atoms with van der Waals surface area (Å²) < 4.78 is 13.6. The van der Waals surface area contributed by atoms with Crippen LogP contribution in [0.4, 0.5) is 14.9 Å². The standard InChI is InChI=1S/C14H16ClFN2O3/c15-10-1-2-12(11(16)8-10)17-14(21)18-5-3-9(4-6-18)7-13(19)20/h1-2,8-9H,3-7H2,(H,17,21)(H,19,20). The lowest BCUT2D eigenvalue weighted by Crippen LogP contribution is -2.41. The van der Waals surface area contributed by atoms with Crippen LogP contribution in [0.3, 0.4) is 0 Å². The van der Waals surface area contributed by atoms with E-state index in [1.807, 2.05) is 0 Å². The van der Waals surface area contributed by atoms with Gasteiger partial charge < -0.3 is 15.3 Å². The average molecular weight is 315 g/mol. The van der Waals surface area contributed by atoms with Crippen LogP contribution in [0.2, 0.25) is 5.02 Å². The fraction of sp³-hybridized carbons (Fsp3) is 0.429. The molecule has 0 unspecified atom stereocenters. The van der Waals surface area contributed by atoms with Crippen LogP contribution in [-0.2, 0) is 4.79 Å². The number of likely N-dealkylation sites (tertiary alicyclic amines) is 1. The highest BCUT2D eigenvalue weighted by atomic mass is 35.5. The van der Waals surface area contributed by atoms with Gasteiger partial charge in [-0.05, 0) is 37.0 Å². The first-order chi connectivity index (χ1) is 9.95. The zero-order chi connectivity index (χ0) is 15.4. The summed E-state index contributed by atoms with van der Waals surface area (Å²) in [6, 6.07) is 3.66. The number of halogens is 2. The number of aliphatic carboxylic acids is 1. The van der Waals surface area contributed by atoms with Crippen LogP contribution in [0.1, 0.15) is 19.3 Å². The van der Waals surface area contributed by atoms with Crippen molar-refractivity contribution >= 4 is 29.3 Å². The van der Waals surface area contributed by atoms with Crippen LogP contribution in [0.15, 0.2) is 18.2 Å². The van der Waals surface area contributed by atoms with Crippen LogP contribution >= 0.6 is 11.6 Å². The van der Waals surface area contributed by atoms with Crippen molar-refractivity contribution in [1.29, 1.82) is 0 Å². The molecule has 5 nitrogen and oxygen atoms in total. The maximum Gasteiger partial charge on any atom is 0.321 e. The number of hydrogen-bond donors (Lipinski definition) is 2. The Morgan fingerprint density at radius 2 is 2.05 bits per heavy atom. The van der Waals surface area contributed by atoms with Gasteiger partial charge in [0.2, 0.25) is 0 Å². The molecule has 2 amide bonds. The number of hydrogen-bond acceptors (Lipinski definition) is 2. The number of nitrogens with one attached hydrogen (secondary N) is 1. The Balaban J connectivity index is 1.89. The van der Waals surface area contributed by atoms with E-state index in [4.69, 9.17) is 16.7 Å². The Labute approximate surface area is 126 Å². The molecule has 1 fully saturated rings. The fourth-order valence-electron chi connectivity index (χ4n) is 2.37. The summed E-state index contributed by atoms with van der Waals surface area (Å²) in [7, 11) is 0. The Morgan fingerprint density at radius 3 is 2.62 bits per heavy atom. The number of urea groups is 1. The van der Waals surface area contributed by atoms with Crippen molar-refractivity contribution in [3.05, 3.63) is 29.0 Å². The van der Waals surface area contributed by atoms with Crippen molar-refractivity contribution in [3.8, 4) is 0 Å². The highest BCUT2D eigenvalue weighted by molar-refractivity contribution is 6.30. The van der Waals surface area contributed by atoms with E-state index in [9.17, 15) is 14.0 Å². The molecule has 114 valence electrons. The van der Waals surface area contributed by atoms with E-state index in [-0.39, 0.29) is 29.1 Å². The van der Waals surface area contributed by atoms with Gasteiger partial charge in [0.1, 0.15) is 5.82 Å². The van der Waals surface area contributed by atoms with Crippen molar-refractivity contribution in [1.82, 2.24) is 4.90 Å². The summed E-state index contributed by atoms with van der Waals surface area (Å²) in [6.07, 6.45) is 1.41. The van der Waals surface area contributed by atoms with Gasteiger partial charge in [0.15, 0.2) is 0 Å². The molecule has 0 saturated carbocycles. The van der Waals surface area contributed by atoms with Crippen molar-refractivity contribution in [3.63, 3.8) is 0 Å². The fourth-order valence-corrected chi connectivity index (χ4v) is 2.53. The maximum absolute atomic E-state index is 13.6. The second kappa shape index (κ2) is 6.76. The number of carbonyl (C=O) groups is 2. The quantitative estimate of drug-likeness (QED) is 0.900. The minimum atomic E-state index is -0.818. The summed E-state index contributed by atoms with van der Waals surface area (Å²) in [5, 5.41) is 11.5. The zero-order valence-electron chi connectivity index (χ0n) is 11.3. The third-order valence-corrected chi connectivity index (χ3v) is 3.77. The highest BCUT2D eigenvalue weighted by Gasteiger charge is 2.24. The number of carboxylic acid groups (broad SMARTS) is 1. The number of piperidine rings is 1. The molecule has 2 rings (SSSR count). The van der Waals surface area contributed by atoms with Gasteiger partial charge in [-0.1, -0.05) is 11.6 Å². The Morgan fingerprint density at radius 1 is 1.38 bits per heavy atom. The van der Waals surface area contributed by atoms with Crippen LogP contribution in [0.5, 0.6) is 0 Å². The average Bonchev–Trinajstić information content (AvgIpc) is 2.42. The molecular formula is C14H16ClFN2O3. The Hall–Kier alpha value is -1.82. The predicted octanol–water partition coefficient (Wildman–Crippen LogP) is 3.20. The van der Waals surface area contributed by atoms with Gasteiger partial charge in [-0.2, -0.15) is 0 Å². The predicted molar refractivity (Wildman–Crippen MR) is 77.0 cm³/mol. The van der Waals surface area contributed by atoms with Crippen molar-refractivity contribution in [2.45, 2.75) is 19.3 Å². The van der Waals surface area contributed by atoms with Crippen molar-refractivity contribution < 1.29 is 19.1 Å². The minimum absolute atomic E-state index is 0.0806. The Kier molecular flexibility index (Phi) is 5.01. The molecule has 0 atom stereocenters. The van der Waals surface area contributed by atoms with Gasteiger partial charge >= 0.3 is 12.0 Å². The number of nitrogens with zero attached hydrogens (tertiary/aromatic N) is 1. The van der Waals surface area contributed by atoms with Gasteiger partial charge in [0.25, 0.3) is 0 Å². The van der Waals surface area contributed by atoms with E-state index in [1.165, 1.54) is 12.1 Å². The number of benzene rings is 1. The molecule has 0 spiro atoms. The first kappa shape index (κ1) is 15.6. The minimum Gasteiger partial charge on any atom is -0.481 e. The summed E-state index contributed by atoms with van der Waals surface area (Å²) in [5.74, 6) is -1.31. The second-order valence-corrected chi connectivity index (χ2v) is 5.52. The third-order valence-electron chi connectivity index (χ3n) is 3.54. The molecule has 1 aromatic rings. The molecule has 0 aromatic heterocycles. The topological polar surface area (TPSA) is 69.6 Å². The van der Waals surface area contributed by atoms with Crippen LogP contribution < -0.4 is 5.32 Å². The van der Waals surface area contributed by atoms with E-state index < -0.39 is 11.8 Å². The van der Waals surface area contributed by atoms with Crippen LogP contribution in [0, 0.1) is 11.7 Å². The van der Waals surface area contributed by atoms with Gasteiger partial charge in [0.05, 0.1) is 5.69 Å². The molecule has 2 N–H and O–H groups in total. The van der Waals surface area contributed by atoms with E-state index in [1.54, 1.807) is 4.90 Å². The number of rotatable bonds is 3. The molecule has 21 heavy (non-hydrogen) atoms. The lowest BCUT2D eigenvalue weighted by atomic mass is 9.94. The number of carbonyl (C=O) groups excluding carboxylic acids is 1. The summed E-state index contributed by atoms with van der Waals surface area (Å²) in [5.41, 5.74) is 0.0806. The van der Waals surface area contributed by atoms with Gasteiger partial charge in [-0.15, -0.1) is 0 Å². The molecule has 0 bridgehead atoms. The largest absolute Gasteiger partial charge is 0.481 e. The molecule has 7 heteroatoms. The first-order valence-electron chi connectivity index (χ1n) is 6.68. The lowest BCUT2D eigenvalue weighted by molar-refractivity contribution is -0.138. The SMILES string of the molecule is O=C(O)CC1CCN(C(=O)Nc2ccc(Cl)cc2F)CC1. The van der Waals surface area contributed by atoms with Crippen molar-refractivity contribution in [2.75, 3.05) is 18.4 Å². The van der Waals surface area contributed by atoms with Crippen LogP contribution in [-0.4, -0.2) is 35.1 Å². The summed E-state index contributed by atoms with van der Waals surface area (Å²) in [4.78, 5) is 24.2. The summed E-state index contributed by atoms with van der Waals surface area (Å²) >= 11 is 5.65. The second-order valence-electron chi connectivity index (χ2n) is 5.08. The molecular weight excluding hydrogens is 299 g/mol. The van der Waals surface area contributed by atoms with Gasteiger partial charge in [0, 0.05) is 24.5 Å². The van der Waals surface area contributed by atoms with E-state index in [0.717, 1.165) is 6.07 Å². The highest BCUT2D eigenvalue weighted by Crippen LogP contribution is 2.22. The first-order valence-corrected chi connectivity index (χ1v) is 7.06. The molecule has 1 aromatic carbocycles. The number of anilines is 1. The Bertz CT molecular complexity index is 545. The summed E-state index contributed by atoms with van der Waals surface area (Å²) in [6.45, 7) is 0.942. The molecule has 0 aliphatic carbocycles. The normalized spacial score (nSPS) is 15.8. The molecule has 1 saturated heterocycles. The molecule has 1 aliphatic heterocycles. The molecule has 1 aliphatic rings. The molecule has 1 heterocycles. The lowest BCUT2D eigenvalue weighted by Gasteiger charge is -2.31. The van der Waals surface area contributed by atoms with Gasteiger partial charge in [-0.3, -0.25) is 4.79 Å². The monoisotopic (exact) mass is 314 g/mol. The van der Waals surface area contributed by atoms with E-state index >= 15 is 0 Å². The number of carboxylic acids is 1. The van der Waals surface area contributed by atoms with Gasteiger partial charge in [-0.25, -0.2) is 9.18 Å². The van der Waals surface area contributed by atoms with E-state index in [2.05, 4.69) is 5.32 Å². The zero-order valence-corrected chi connectivity index (χ0v) is 12.1. The van der Waals surface area contributed by atoms with Crippen LogP contribution in [0.25, 0.3) is 0 Å². The number of amides is 2.